The van der Waals surface area contributed by atoms with Crippen LogP contribution in [0.4, 0.5) is 0 Å². The molecular weight excluding hydrogens is 372 g/mol. The Morgan fingerprint density at radius 3 is 2.38 bits per heavy atom. The number of benzene rings is 2. The van der Waals surface area contributed by atoms with Gasteiger partial charge in [-0.3, -0.25) is 0 Å². The van der Waals surface area contributed by atoms with Gasteiger partial charge in [0.15, 0.2) is 0 Å². The molecule has 6 nitrogen and oxygen atoms in total. The first-order valence-electron chi connectivity index (χ1n) is 10.1. The lowest BCUT2D eigenvalue weighted by atomic mass is 9.77. The Hall–Kier alpha value is -1.96. The fraction of sp³-hybridized carbons (Fsp3) is 0.478. The second-order valence-corrected chi connectivity index (χ2v) is 7.93. The van der Waals surface area contributed by atoms with Crippen LogP contribution in [-0.2, 0) is 11.2 Å². The molecule has 2 aromatic rings. The van der Waals surface area contributed by atoms with E-state index >= 15 is 0 Å². The maximum atomic E-state index is 10.5. The first kappa shape index (κ1) is 20.3. The highest BCUT2D eigenvalue weighted by Crippen LogP contribution is 2.40. The monoisotopic (exact) mass is 400 g/mol. The van der Waals surface area contributed by atoms with Crippen LogP contribution < -0.4 is 4.74 Å². The van der Waals surface area contributed by atoms with Crippen molar-refractivity contribution in [3.63, 3.8) is 0 Å². The van der Waals surface area contributed by atoms with Crippen LogP contribution >= 0.6 is 0 Å². The molecule has 29 heavy (non-hydrogen) atoms. The Balaban J connectivity index is 1.67. The largest absolute Gasteiger partial charge is 0.497 e. The summed E-state index contributed by atoms with van der Waals surface area (Å²) in [6, 6.07) is 14.1. The maximum absolute atomic E-state index is 10.5. The van der Waals surface area contributed by atoms with Crippen LogP contribution in [0.5, 0.6) is 5.75 Å². The molecule has 1 aliphatic heterocycles. The van der Waals surface area contributed by atoms with E-state index in [2.05, 4.69) is 18.2 Å². The Bertz CT molecular complexity index is 834. The van der Waals surface area contributed by atoms with Crippen molar-refractivity contribution in [3.8, 4) is 5.75 Å². The second kappa shape index (κ2) is 8.42. The number of aliphatic hydroxyl groups is 4. The highest BCUT2D eigenvalue weighted by Gasteiger charge is 2.44. The SMILES string of the molecule is COc1ccc(C2CCCc3ccc([C@@H]4O[C@H](CO)[C@@H](O)[C@H](O)[C@H]4O)cc32)cc1. The van der Waals surface area contributed by atoms with Crippen molar-refractivity contribution in [2.24, 2.45) is 0 Å². The van der Waals surface area contributed by atoms with Crippen molar-refractivity contribution in [1.82, 2.24) is 0 Å². The first-order valence-corrected chi connectivity index (χ1v) is 10.1. The third-order valence-corrected chi connectivity index (χ3v) is 6.22. The van der Waals surface area contributed by atoms with Gasteiger partial charge in [0.2, 0.25) is 0 Å². The Morgan fingerprint density at radius 2 is 1.69 bits per heavy atom. The number of ether oxygens (including phenoxy) is 2. The lowest BCUT2D eigenvalue weighted by Crippen LogP contribution is -2.55. The molecule has 1 unspecified atom stereocenters. The second-order valence-electron chi connectivity index (χ2n) is 7.93. The molecule has 4 rings (SSSR count). The van der Waals surface area contributed by atoms with Crippen LogP contribution in [0, 0.1) is 0 Å². The molecule has 0 aromatic heterocycles. The molecule has 1 heterocycles. The molecule has 0 spiro atoms. The van der Waals surface area contributed by atoms with E-state index in [0.717, 1.165) is 30.6 Å². The van der Waals surface area contributed by atoms with E-state index in [9.17, 15) is 20.4 Å². The summed E-state index contributed by atoms with van der Waals surface area (Å²) >= 11 is 0. The lowest BCUT2D eigenvalue weighted by Gasteiger charge is -2.40. The highest BCUT2D eigenvalue weighted by molar-refractivity contribution is 5.44. The van der Waals surface area contributed by atoms with Crippen LogP contribution in [0.2, 0.25) is 0 Å². The van der Waals surface area contributed by atoms with Gasteiger partial charge in [0.25, 0.3) is 0 Å². The maximum Gasteiger partial charge on any atom is 0.118 e. The number of aliphatic hydroxyl groups excluding tert-OH is 4. The number of methoxy groups -OCH3 is 1. The summed E-state index contributed by atoms with van der Waals surface area (Å²) in [4.78, 5) is 0. The molecule has 0 amide bonds. The quantitative estimate of drug-likeness (QED) is 0.623. The normalized spacial score (nSPS) is 31.9. The average Bonchev–Trinajstić information content (AvgIpc) is 2.77. The molecule has 6 atom stereocenters. The minimum atomic E-state index is -1.38. The van der Waals surface area contributed by atoms with Gasteiger partial charge in [-0.15, -0.1) is 0 Å². The number of hydrogen-bond donors (Lipinski definition) is 4. The minimum absolute atomic E-state index is 0.231. The van der Waals surface area contributed by atoms with Crippen molar-refractivity contribution in [1.29, 1.82) is 0 Å². The molecule has 2 aliphatic rings. The molecule has 156 valence electrons. The summed E-state index contributed by atoms with van der Waals surface area (Å²) < 4.78 is 11.0. The lowest BCUT2D eigenvalue weighted by molar-refractivity contribution is -0.231. The van der Waals surface area contributed by atoms with Crippen LogP contribution in [0.1, 0.15) is 47.1 Å². The standard InChI is InChI=1S/C23H28O6/c1-28-16-9-7-14(8-10-16)17-4-2-3-13-5-6-15(11-18(13)17)23-22(27)21(26)20(25)19(12-24)29-23/h5-11,17,19-27H,2-4,12H2,1H3/t17?,19-,20-,21+,22-,23+/m1/s1. The van der Waals surface area contributed by atoms with Crippen LogP contribution in [0.15, 0.2) is 42.5 Å². The summed E-state index contributed by atoms with van der Waals surface area (Å²) in [7, 11) is 1.65. The fourth-order valence-electron chi connectivity index (χ4n) is 4.55. The summed E-state index contributed by atoms with van der Waals surface area (Å²) in [5.41, 5.74) is 4.40. The van der Waals surface area contributed by atoms with Gasteiger partial charge in [0.1, 0.15) is 36.3 Å². The number of hydrogen-bond acceptors (Lipinski definition) is 6. The molecule has 6 heteroatoms. The molecular formula is C23H28O6. The Labute approximate surface area is 170 Å². The minimum Gasteiger partial charge on any atom is -0.497 e. The Morgan fingerprint density at radius 1 is 0.966 bits per heavy atom. The topological polar surface area (TPSA) is 99.4 Å². The molecule has 1 saturated heterocycles. The van der Waals surface area contributed by atoms with E-state index in [4.69, 9.17) is 9.47 Å². The number of rotatable bonds is 4. The van der Waals surface area contributed by atoms with Gasteiger partial charge in [-0.25, -0.2) is 0 Å². The van der Waals surface area contributed by atoms with Crippen molar-refractivity contribution in [2.75, 3.05) is 13.7 Å². The molecule has 0 radical (unpaired) electrons. The van der Waals surface area contributed by atoms with Gasteiger partial charge < -0.3 is 29.9 Å². The van der Waals surface area contributed by atoms with E-state index in [1.165, 1.54) is 16.7 Å². The van der Waals surface area contributed by atoms with Gasteiger partial charge in [-0.05, 0) is 53.6 Å². The van der Waals surface area contributed by atoms with Crippen molar-refractivity contribution in [2.45, 2.75) is 55.7 Å². The van der Waals surface area contributed by atoms with Crippen LogP contribution in [0.3, 0.4) is 0 Å². The van der Waals surface area contributed by atoms with Gasteiger partial charge in [0.05, 0.1) is 13.7 Å². The molecule has 1 fully saturated rings. The molecule has 2 aromatic carbocycles. The van der Waals surface area contributed by atoms with E-state index in [-0.39, 0.29) is 5.92 Å². The Kier molecular flexibility index (Phi) is 5.90. The van der Waals surface area contributed by atoms with Crippen LogP contribution in [0.25, 0.3) is 0 Å². The van der Waals surface area contributed by atoms with Gasteiger partial charge in [-0.2, -0.15) is 0 Å². The number of aryl methyl sites for hydroxylation is 1. The summed E-state index contributed by atoms with van der Waals surface area (Å²) in [6.45, 7) is -0.430. The molecule has 0 bridgehead atoms. The van der Waals surface area contributed by atoms with E-state index < -0.39 is 37.1 Å². The predicted octanol–water partition coefficient (Wildman–Crippen LogP) is 1.68. The van der Waals surface area contributed by atoms with Crippen molar-refractivity contribution >= 4 is 0 Å². The molecule has 1 aliphatic carbocycles. The van der Waals surface area contributed by atoms with Gasteiger partial charge >= 0.3 is 0 Å². The zero-order valence-corrected chi connectivity index (χ0v) is 16.4. The summed E-state index contributed by atoms with van der Waals surface area (Å²) in [6.07, 6.45) is -2.59. The van der Waals surface area contributed by atoms with Crippen LogP contribution in [-0.4, -0.2) is 58.6 Å². The van der Waals surface area contributed by atoms with Crippen molar-refractivity contribution < 1.29 is 29.9 Å². The zero-order valence-electron chi connectivity index (χ0n) is 16.4. The first-order chi connectivity index (χ1) is 14.0. The number of fused-ring (bicyclic) bond motifs is 1. The molecule has 0 saturated carbocycles. The van der Waals surface area contributed by atoms with E-state index in [1.807, 2.05) is 24.3 Å². The van der Waals surface area contributed by atoms with Crippen molar-refractivity contribution in [3.05, 3.63) is 64.7 Å². The highest BCUT2D eigenvalue weighted by atomic mass is 16.5. The average molecular weight is 400 g/mol. The molecule has 4 N–H and O–H groups in total. The van der Waals surface area contributed by atoms with Gasteiger partial charge in [0, 0.05) is 5.92 Å². The zero-order chi connectivity index (χ0) is 20.5. The predicted molar refractivity (Wildman–Crippen MR) is 107 cm³/mol. The smallest absolute Gasteiger partial charge is 0.118 e. The van der Waals surface area contributed by atoms with E-state index in [0.29, 0.717) is 0 Å². The fourth-order valence-corrected chi connectivity index (χ4v) is 4.55. The van der Waals surface area contributed by atoms with Gasteiger partial charge in [-0.1, -0.05) is 30.3 Å². The summed E-state index contributed by atoms with van der Waals surface area (Å²) in [5, 5.41) is 40.1. The van der Waals surface area contributed by atoms with E-state index in [1.54, 1.807) is 7.11 Å². The third kappa shape index (κ3) is 3.79. The summed E-state index contributed by atoms with van der Waals surface area (Å²) in [5.74, 6) is 1.05. The third-order valence-electron chi connectivity index (χ3n) is 6.22.